The molecule has 1 aromatic carbocycles. The summed E-state index contributed by atoms with van der Waals surface area (Å²) in [6.45, 7) is 8.06. The SMILES string of the molecule is CCN(CC)CCCCCCCCSc1ccc(F)c2c1CN(C1CCC(=O)NC1=O)C2=O. The Bertz CT molecular complexity index is 860. The molecule has 8 heteroatoms. The summed E-state index contributed by atoms with van der Waals surface area (Å²) in [5.74, 6) is -0.877. The predicted molar refractivity (Wildman–Crippen MR) is 129 cm³/mol. The van der Waals surface area contributed by atoms with Crippen LogP contribution in [-0.2, 0) is 16.1 Å². The number of hydrogen-bond donors (Lipinski definition) is 1. The smallest absolute Gasteiger partial charge is 0.258 e. The molecule has 3 rings (SSSR count). The Labute approximate surface area is 200 Å². The van der Waals surface area contributed by atoms with Crippen LogP contribution in [0, 0.1) is 5.82 Å². The third-order valence-electron chi connectivity index (χ3n) is 6.63. The lowest BCUT2D eigenvalue weighted by atomic mass is 10.0. The fourth-order valence-corrected chi connectivity index (χ4v) is 5.68. The van der Waals surface area contributed by atoms with E-state index >= 15 is 0 Å². The Kier molecular flexibility index (Phi) is 9.74. The number of imide groups is 1. The molecule has 1 atom stereocenters. The van der Waals surface area contributed by atoms with Crippen LogP contribution in [-0.4, -0.2) is 59.0 Å². The molecule has 2 heterocycles. The lowest BCUT2D eigenvalue weighted by Crippen LogP contribution is -2.52. The van der Waals surface area contributed by atoms with Crippen molar-refractivity contribution in [2.75, 3.05) is 25.4 Å². The molecule has 33 heavy (non-hydrogen) atoms. The van der Waals surface area contributed by atoms with Crippen LogP contribution in [0.25, 0.3) is 0 Å². The maximum atomic E-state index is 14.5. The molecule has 0 saturated carbocycles. The molecular weight excluding hydrogens is 441 g/mol. The van der Waals surface area contributed by atoms with Gasteiger partial charge in [-0.1, -0.05) is 39.5 Å². The quantitative estimate of drug-likeness (QED) is 0.260. The van der Waals surface area contributed by atoms with E-state index in [4.69, 9.17) is 0 Å². The van der Waals surface area contributed by atoms with E-state index in [0.717, 1.165) is 30.2 Å². The van der Waals surface area contributed by atoms with Crippen molar-refractivity contribution in [2.24, 2.45) is 0 Å². The molecule has 2 aliphatic rings. The first-order valence-corrected chi connectivity index (χ1v) is 13.3. The van der Waals surface area contributed by atoms with Crippen LogP contribution in [0.3, 0.4) is 0 Å². The minimum atomic E-state index is -0.721. The molecule has 1 saturated heterocycles. The normalized spacial score (nSPS) is 18.2. The highest BCUT2D eigenvalue weighted by atomic mass is 32.2. The molecule has 6 nitrogen and oxygen atoms in total. The van der Waals surface area contributed by atoms with Gasteiger partial charge in [0.15, 0.2) is 0 Å². The Hall–Kier alpha value is -1.93. The number of hydrogen-bond acceptors (Lipinski definition) is 5. The number of nitrogens with zero attached hydrogens (tertiary/aromatic N) is 2. The van der Waals surface area contributed by atoms with Gasteiger partial charge < -0.3 is 9.80 Å². The van der Waals surface area contributed by atoms with Gasteiger partial charge in [0.1, 0.15) is 11.9 Å². The van der Waals surface area contributed by atoms with Gasteiger partial charge in [-0.15, -0.1) is 11.8 Å². The average Bonchev–Trinajstić information content (AvgIpc) is 3.14. The number of benzene rings is 1. The van der Waals surface area contributed by atoms with Crippen LogP contribution in [0.2, 0.25) is 0 Å². The second-order valence-electron chi connectivity index (χ2n) is 8.80. The summed E-state index contributed by atoms with van der Waals surface area (Å²) in [6, 6.07) is 2.37. The molecule has 3 amide bonds. The summed E-state index contributed by atoms with van der Waals surface area (Å²) >= 11 is 1.66. The van der Waals surface area contributed by atoms with E-state index in [-0.39, 0.29) is 30.9 Å². The summed E-state index contributed by atoms with van der Waals surface area (Å²) in [7, 11) is 0. The van der Waals surface area contributed by atoms with Crippen LogP contribution in [0.15, 0.2) is 17.0 Å². The molecule has 0 radical (unpaired) electrons. The maximum Gasteiger partial charge on any atom is 0.258 e. The maximum absolute atomic E-state index is 14.5. The molecule has 1 aromatic rings. The standard InChI is InChI=1S/C25H36FN3O3S/c1-3-28(4-2)15-9-7-5-6-8-10-16-33-21-13-11-19(26)23-18(21)17-29(25(23)32)20-12-14-22(30)27-24(20)31/h11,13,20H,3-10,12,14-17H2,1-2H3,(H,27,30,31). The molecule has 0 aromatic heterocycles. The molecular formula is C25H36FN3O3S. The Morgan fingerprint density at radius 3 is 2.45 bits per heavy atom. The number of unbranched alkanes of at least 4 members (excludes halogenated alkanes) is 5. The average molecular weight is 478 g/mol. The summed E-state index contributed by atoms with van der Waals surface area (Å²) in [5.41, 5.74) is 0.754. The molecule has 0 bridgehead atoms. The van der Waals surface area contributed by atoms with Crippen LogP contribution in [0.4, 0.5) is 4.39 Å². The third kappa shape index (κ3) is 6.57. The summed E-state index contributed by atoms with van der Waals surface area (Å²) < 4.78 is 14.5. The fourth-order valence-electron chi connectivity index (χ4n) is 4.61. The minimum absolute atomic E-state index is 0.0814. The lowest BCUT2D eigenvalue weighted by Gasteiger charge is -2.29. The molecule has 2 aliphatic heterocycles. The number of rotatable bonds is 13. The van der Waals surface area contributed by atoms with Gasteiger partial charge in [0.25, 0.3) is 5.91 Å². The first kappa shape index (κ1) is 25.7. The van der Waals surface area contributed by atoms with Crippen molar-refractivity contribution in [1.29, 1.82) is 0 Å². The Morgan fingerprint density at radius 1 is 1.06 bits per heavy atom. The fraction of sp³-hybridized carbons (Fsp3) is 0.640. The first-order chi connectivity index (χ1) is 16.0. The molecule has 1 unspecified atom stereocenters. The molecule has 1 fully saturated rings. The molecule has 1 N–H and O–H groups in total. The van der Waals surface area contributed by atoms with Crippen molar-refractivity contribution >= 4 is 29.5 Å². The second-order valence-corrected chi connectivity index (χ2v) is 9.93. The largest absolute Gasteiger partial charge is 0.322 e. The van der Waals surface area contributed by atoms with Crippen LogP contribution >= 0.6 is 11.8 Å². The van der Waals surface area contributed by atoms with Crippen molar-refractivity contribution in [1.82, 2.24) is 15.1 Å². The highest BCUT2D eigenvalue weighted by Crippen LogP contribution is 2.36. The van der Waals surface area contributed by atoms with Gasteiger partial charge in [-0.25, -0.2) is 4.39 Å². The Morgan fingerprint density at radius 2 is 1.76 bits per heavy atom. The number of nitrogens with one attached hydrogen (secondary N) is 1. The van der Waals surface area contributed by atoms with Gasteiger partial charge in [-0.05, 0) is 56.8 Å². The van der Waals surface area contributed by atoms with E-state index in [0.29, 0.717) is 5.56 Å². The lowest BCUT2D eigenvalue weighted by molar-refractivity contribution is -0.136. The van der Waals surface area contributed by atoms with Gasteiger partial charge in [0.2, 0.25) is 11.8 Å². The topological polar surface area (TPSA) is 69.7 Å². The molecule has 182 valence electrons. The predicted octanol–water partition coefficient (Wildman–Crippen LogP) is 4.36. The van der Waals surface area contributed by atoms with Crippen molar-refractivity contribution in [3.63, 3.8) is 0 Å². The van der Waals surface area contributed by atoms with Crippen molar-refractivity contribution in [3.8, 4) is 0 Å². The number of piperidine rings is 1. The van der Waals surface area contributed by atoms with Crippen LogP contribution < -0.4 is 5.32 Å². The van der Waals surface area contributed by atoms with E-state index in [1.54, 1.807) is 17.8 Å². The second kappa shape index (κ2) is 12.5. The monoisotopic (exact) mass is 477 g/mol. The highest BCUT2D eigenvalue weighted by Gasteiger charge is 2.41. The van der Waals surface area contributed by atoms with Crippen molar-refractivity contribution in [3.05, 3.63) is 29.1 Å². The zero-order chi connectivity index (χ0) is 23.8. The van der Waals surface area contributed by atoms with E-state index < -0.39 is 23.7 Å². The van der Waals surface area contributed by atoms with Crippen LogP contribution in [0.5, 0.6) is 0 Å². The number of halogens is 1. The third-order valence-corrected chi connectivity index (χ3v) is 7.82. The number of thioether (sulfide) groups is 1. The van der Waals surface area contributed by atoms with E-state index in [1.165, 1.54) is 49.6 Å². The van der Waals surface area contributed by atoms with Gasteiger partial charge >= 0.3 is 0 Å². The van der Waals surface area contributed by atoms with Gasteiger partial charge in [-0.2, -0.15) is 0 Å². The Balaban J connectivity index is 1.45. The van der Waals surface area contributed by atoms with Gasteiger partial charge in [0, 0.05) is 23.4 Å². The van der Waals surface area contributed by atoms with Crippen LogP contribution in [0.1, 0.15) is 81.1 Å². The number of amides is 3. The van der Waals surface area contributed by atoms with Gasteiger partial charge in [0.05, 0.1) is 5.56 Å². The molecule has 0 aliphatic carbocycles. The van der Waals surface area contributed by atoms with Gasteiger partial charge in [-0.3, -0.25) is 19.7 Å². The van der Waals surface area contributed by atoms with E-state index in [9.17, 15) is 18.8 Å². The number of carbonyl (C=O) groups excluding carboxylic acids is 3. The summed E-state index contributed by atoms with van der Waals surface area (Å²) in [5, 5.41) is 2.29. The van der Waals surface area contributed by atoms with E-state index in [2.05, 4.69) is 24.1 Å². The summed E-state index contributed by atoms with van der Waals surface area (Å²) in [4.78, 5) is 41.3. The van der Waals surface area contributed by atoms with E-state index in [1.807, 2.05) is 0 Å². The zero-order valence-electron chi connectivity index (χ0n) is 19.8. The minimum Gasteiger partial charge on any atom is -0.322 e. The summed E-state index contributed by atoms with van der Waals surface area (Å²) in [6.07, 6.45) is 7.73. The zero-order valence-corrected chi connectivity index (χ0v) is 20.6. The first-order valence-electron chi connectivity index (χ1n) is 12.3. The van der Waals surface area contributed by atoms with Crippen molar-refractivity contribution < 1.29 is 18.8 Å². The van der Waals surface area contributed by atoms with Crippen molar-refractivity contribution in [2.45, 2.75) is 82.7 Å². The highest BCUT2D eigenvalue weighted by molar-refractivity contribution is 7.99. The molecule has 0 spiro atoms. The number of carbonyl (C=O) groups is 3. The number of fused-ring (bicyclic) bond motifs is 1.